The Morgan fingerprint density at radius 2 is 2.04 bits per heavy atom. The highest BCUT2D eigenvalue weighted by Crippen LogP contribution is 2.44. The van der Waals surface area contributed by atoms with Gasteiger partial charge in [0.1, 0.15) is 0 Å². The third-order valence-electron chi connectivity index (χ3n) is 4.94. The molecule has 2 atom stereocenters. The summed E-state index contributed by atoms with van der Waals surface area (Å²) in [5.74, 6) is -0.148. The Balaban J connectivity index is 2.02. The molecule has 0 radical (unpaired) electrons. The van der Waals surface area contributed by atoms with Gasteiger partial charge in [0.05, 0.1) is 12.0 Å². The number of benzene rings is 1. The van der Waals surface area contributed by atoms with Gasteiger partial charge in [-0.2, -0.15) is 0 Å². The van der Waals surface area contributed by atoms with E-state index in [0.717, 1.165) is 16.9 Å². The summed E-state index contributed by atoms with van der Waals surface area (Å²) in [6, 6.07) is 11.2. The summed E-state index contributed by atoms with van der Waals surface area (Å²) in [6.07, 6.45) is 0.759. The molecule has 1 aromatic carbocycles. The molecule has 3 rings (SSSR count). The Bertz CT molecular complexity index is 804. The summed E-state index contributed by atoms with van der Waals surface area (Å²) in [7, 11) is 1.65. The number of nitrogens with one attached hydrogen (secondary N) is 1. The van der Waals surface area contributed by atoms with Gasteiger partial charge >= 0.3 is 0 Å². The molecule has 1 N–H and O–H groups in total. The summed E-state index contributed by atoms with van der Waals surface area (Å²) in [6.45, 7) is 5.97. The molecule has 6 heteroatoms. The van der Waals surface area contributed by atoms with Crippen LogP contribution in [0.1, 0.15) is 53.0 Å². The number of carbonyl (C=O) groups is 2. The van der Waals surface area contributed by atoms with Crippen LogP contribution in [0.25, 0.3) is 0 Å². The van der Waals surface area contributed by atoms with Gasteiger partial charge in [-0.25, -0.2) is 0 Å². The van der Waals surface area contributed by atoms with Gasteiger partial charge < -0.3 is 15.0 Å². The van der Waals surface area contributed by atoms with Crippen LogP contribution in [0.15, 0.2) is 41.8 Å². The first-order chi connectivity index (χ1) is 13.5. The maximum atomic E-state index is 13.3. The van der Waals surface area contributed by atoms with Crippen LogP contribution in [0.4, 0.5) is 0 Å². The molecule has 0 saturated carbocycles. The van der Waals surface area contributed by atoms with Crippen LogP contribution in [0.2, 0.25) is 0 Å². The fraction of sp³-hybridized carbons (Fsp3) is 0.455. The number of thiophene rings is 1. The average molecular weight is 401 g/mol. The highest BCUT2D eigenvalue weighted by molar-refractivity contribution is 7.10. The van der Waals surface area contributed by atoms with Gasteiger partial charge in [0, 0.05) is 37.2 Å². The van der Waals surface area contributed by atoms with Crippen molar-refractivity contribution in [3.63, 3.8) is 0 Å². The summed E-state index contributed by atoms with van der Waals surface area (Å²) in [4.78, 5) is 29.5. The van der Waals surface area contributed by atoms with Crippen molar-refractivity contribution in [3.8, 4) is 0 Å². The highest BCUT2D eigenvalue weighted by Gasteiger charge is 2.44. The van der Waals surface area contributed by atoms with Gasteiger partial charge in [0.25, 0.3) is 5.91 Å². The van der Waals surface area contributed by atoms with Crippen LogP contribution in [0, 0.1) is 5.92 Å². The van der Waals surface area contributed by atoms with E-state index in [4.69, 9.17) is 4.74 Å². The van der Waals surface area contributed by atoms with Crippen molar-refractivity contribution in [2.75, 3.05) is 26.8 Å². The Morgan fingerprint density at radius 3 is 2.71 bits per heavy atom. The number of carbonyl (C=O) groups excluding carboxylic acids is 2. The van der Waals surface area contributed by atoms with E-state index < -0.39 is 5.92 Å². The minimum Gasteiger partial charge on any atom is -0.385 e. The van der Waals surface area contributed by atoms with Gasteiger partial charge in [-0.3, -0.25) is 9.59 Å². The average Bonchev–Trinajstić information content (AvgIpc) is 3.21. The van der Waals surface area contributed by atoms with Crippen LogP contribution < -0.4 is 5.32 Å². The van der Waals surface area contributed by atoms with Crippen molar-refractivity contribution in [1.82, 2.24) is 10.2 Å². The standard InChI is InChI=1S/C22H28N2O3S/c1-15(2)14-24-20(18-10-6-13-28-18)19(21(25)23-11-7-12-27-3)16-8-4-5-9-17(16)22(24)26/h4-6,8-10,13,15,19-20H,7,11-12,14H2,1-3H3,(H,23,25)/t19-,20+/m1/s1. The molecule has 0 bridgehead atoms. The van der Waals surface area contributed by atoms with E-state index in [0.29, 0.717) is 31.2 Å². The summed E-state index contributed by atoms with van der Waals surface area (Å²) in [5.41, 5.74) is 1.45. The van der Waals surface area contributed by atoms with Crippen molar-refractivity contribution in [2.45, 2.75) is 32.2 Å². The van der Waals surface area contributed by atoms with Crippen molar-refractivity contribution in [3.05, 3.63) is 57.8 Å². The van der Waals surface area contributed by atoms with Crippen molar-refractivity contribution < 1.29 is 14.3 Å². The van der Waals surface area contributed by atoms with Crippen molar-refractivity contribution in [1.29, 1.82) is 0 Å². The second-order valence-corrected chi connectivity index (χ2v) is 8.49. The van der Waals surface area contributed by atoms with Gasteiger partial charge in [0.15, 0.2) is 0 Å². The molecule has 0 saturated heterocycles. The minimum atomic E-state index is -0.422. The van der Waals surface area contributed by atoms with Gasteiger partial charge in [-0.1, -0.05) is 38.1 Å². The van der Waals surface area contributed by atoms with Crippen LogP contribution >= 0.6 is 11.3 Å². The summed E-state index contributed by atoms with van der Waals surface area (Å²) < 4.78 is 5.08. The Kier molecular flexibility index (Phi) is 6.86. The van der Waals surface area contributed by atoms with E-state index in [-0.39, 0.29) is 17.9 Å². The molecule has 0 unspecified atom stereocenters. The lowest BCUT2D eigenvalue weighted by atomic mass is 9.81. The van der Waals surface area contributed by atoms with Crippen molar-refractivity contribution in [2.24, 2.45) is 5.92 Å². The molecule has 1 aliphatic heterocycles. The summed E-state index contributed by atoms with van der Waals surface area (Å²) in [5, 5.41) is 5.06. The topological polar surface area (TPSA) is 58.6 Å². The van der Waals surface area contributed by atoms with Crippen LogP contribution in [0.5, 0.6) is 0 Å². The molecule has 2 amide bonds. The second-order valence-electron chi connectivity index (χ2n) is 7.51. The van der Waals surface area contributed by atoms with Gasteiger partial charge in [-0.05, 0) is 35.4 Å². The van der Waals surface area contributed by atoms with Crippen molar-refractivity contribution >= 4 is 23.2 Å². The number of methoxy groups -OCH3 is 1. The second kappa shape index (κ2) is 9.34. The number of amides is 2. The molecule has 1 aliphatic rings. The Hall–Kier alpha value is -2.18. The summed E-state index contributed by atoms with van der Waals surface area (Å²) >= 11 is 1.60. The third kappa shape index (κ3) is 4.28. The monoisotopic (exact) mass is 400 g/mol. The fourth-order valence-electron chi connectivity index (χ4n) is 3.78. The van der Waals surface area contributed by atoms with Gasteiger partial charge in [-0.15, -0.1) is 11.3 Å². The van der Waals surface area contributed by atoms with Gasteiger partial charge in [0.2, 0.25) is 5.91 Å². The Labute approximate surface area is 170 Å². The molecule has 5 nitrogen and oxygen atoms in total. The maximum absolute atomic E-state index is 13.3. The molecular weight excluding hydrogens is 372 g/mol. The first kappa shape index (κ1) is 20.6. The SMILES string of the molecule is COCCCNC(=O)[C@@H]1c2ccccc2C(=O)N(CC(C)C)[C@H]1c1cccs1. The number of ether oxygens (including phenoxy) is 1. The molecular formula is C22H28N2O3S. The molecule has 28 heavy (non-hydrogen) atoms. The quantitative estimate of drug-likeness (QED) is 0.685. The third-order valence-corrected chi connectivity index (χ3v) is 5.89. The predicted octanol–water partition coefficient (Wildman–Crippen LogP) is 3.84. The molecule has 0 fully saturated rings. The predicted molar refractivity (Wildman–Crippen MR) is 112 cm³/mol. The highest BCUT2D eigenvalue weighted by atomic mass is 32.1. The number of hydrogen-bond acceptors (Lipinski definition) is 4. The maximum Gasteiger partial charge on any atom is 0.254 e. The molecule has 0 spiro atoms. The smallest absolute Gasteiger partial charge is 0.254 e. The number of nitrogens with zero attached hydrogens (tertiary/aromatic N) is 1. The first-order valence-corrected chi connectivity index (χ1v) is 10.6. The Morgan fingerprint density at radius 1 is 1.25 bits per heavy atom. The number of fused-ring (bicyclic) bond motifs is 1. The number of rotatable bonds is 8. The molecule has 150 valence electrons. The molecule has 1 aromatic heterocycles. The van der Waals surface area contributed by atoms with E-state index in [9.17, 15) is 9.59 Å². The lowest BCUT2D eigenvalue weighted by Crippen LogP contribution is -2.48. The van der Waals surface area contributed by atoms with E-state index in [1.165, 1.54) is 0 Å². The van der Waals surface area contributed by atoms with E-state index in [2.05, 4.69) is 19.2 Å². The zero-order chi connectivity index (χ0) is 20.1. The zero-order valence-electron chi connectivity index (χ0n) is 16.7. The van der Waals surface area contributed by atoms with E-state index in [1.54, 1.807) is 18.4 Å². The molecule has 0 aliphatic carbocycles. The normalized spacial score (nSPS) is 19.0. The van der Waals surface area contributed by atoms with Crippen LogP contribution in [-0.4, -0.2) is 43.5 Å². The molecule has 2 aromatic rings. The largest absolute Gasteiger partial charge is 0.385 e. The lowest BCUT2D eigenvalue weighted by Gasteiger charge is -2.42. The lowest BCUT2D eigenvalue weighted by molar-refractivity contribution is -0.124. The molecule has 2 heterocycles. The van der Waals surface area contributed by atoms with E-state index >= 15 is 0 Å². The van der Waals surface area contributed by atoms with Crippen LogP contribution in [-0.2, 0) is 9.53 Å². The van der Waals surface area contributed by atoms with Crippen LogP contribution in [0.3, 0.4) is 0 Å². The van der Waals surface area contributed by atoms with E-state index in [1.807, 2.05) is 46.7 Å². The first-order valence-electron chi connectivity index (χ1n) is 9.74. The fourth-order valence-corrected chi connectivity index (χ4v) is 4.66. The zero-order valence-corrected chi connectivity index (χ0v) is 17.5. The minimum absolute atomic E-state index is 0.00568. The number of hydrogen-bond donors (Lipinski definition) is 1.